The predicted molar refractivity (Wildman–Crippen MR) is 161 cm³/mol. The number of rotatable bonds is 3. The molecule has 0 aromatic heterocycles. The van der Waals surface area contributed by atoms with Crippen molar-refractivity contribution in [2.24, 2.45) is 5.41 Å². The number of nitrogens with one attached hydrogen (secondary N) is 1. The molecule has 0 bridgehead atoms. The van der Waals surface area contributed by atoms with Crippen LogP contribution in [0.15, 0.2) is 60.7 Å². The van der Waals surface area contributed by atoms with Crippen molar-refractivity contribution in [1.29, 1.82) is 5.26 Å². The molecule has 2 amide bonds. The van der Waals surface area contributed by atoms with Crippen LogP contribution in [0.3, 0.4) is 0 Å². The summed E-state index contributed by atoms with van der Waals surface area (Å²) in [4.78, 5) is 32.1. The molecule has 2 saturated heterocycles. The zero-order chi connectivity index (χ0) is 29.4. The van der Waals surface area contributed by atoms with Crippen molar-refractivity contribution in [2.45, 2.75) is 50.6 Å². The SMILES string of the molecule is CC(C)(C)C[C@@H]1N2C(=S)N(c3ccc(C#N)cc3)C(=O)[C@H]2[C@H](c2cccc(Cl)c2F)[C@]12C(=O)Nc1cc(Cl)ccc12. The first-order chi connectivity index (χ1) is 19.4. The van der Waals surface area contributed by atoms with Gasteiger partial charge in [0.1, 0.15) is 17.3 Å². The molecule has 6 nitrogen and oxygen atoms in total. The molecule has 41 heavy (non-hydrogen) atoms. The Morgan fingerprint density at radius 1 is 1.10 bits per heavy atom. The maximum absolute atomic E-state index is 16.0. The molecule has 208 valence electrons. The van der Waals surface area contributed by atoms with E-state index in [1.165, 1.54) is 11.0 Å². The minimum absolute atomic E-state index is 0.102. The van der Waals surface area contributed by atoms with Gasteiger partial charge >= 0.3 is 0 Å². The average Bonchev–Trinajstić information content (AvgIpc) is 3.46. The number of nitriles is 1. The Labute approximate surface area is 252 Å². The number of fused-ring (bicyclic) bond motifs is 3. The normalized spacial score (nSPS) is 25.0. The lowest BCUT2D eigenvalue weighted by Gasteiger charge is -2.40. The summed E-state index contributed by atoms with van der Waals surface area (Å²) in [5.41, 5.74) is 0.579. The fraction of sp³-hybridized carbons (Fsp3) is 0.290. The third kappa shape index (κ3) is 3.98. The van der Waals surface area contributed by atoms with Crippen LogP contribution < -0.4 is 10.2 Å². The number of hydrogen-bond acceptors (Lipinski definition) is 4. The van der Waals surface area contributed by atoms with Gasteiger partial charge in [0.2, 0.25) is 5.91 Å². The van der Waals surface area contributed by atoms with Gasteiger partial charge in [0.25, 0.3) is 5.91 Å². The number of benzene rings is 3. The van der Waals surface area contributed by atoms with Gasteiger partial charge in [-0.1, -0.05) is 62.2 Å². The van der Waals surface area contributed by atoms with Crippen LogP contribution >= 0.6 is 35.4 Å². The van der Waals surface area contributed by atoms with E-state index in [4.69, 9.17) is 35.4 Å². The molecule has 10 heteroatoms. The maximum Gasteiger partial charge on any atom is 0.256 e. The molecule has 4 atom stereocenters. The molecule has 1 N–H and O–H groups in total. The molecule has 1 spiro atoms. The molecule has 0 radical (unpaired) electrons. The Morgan fingerprint density at radius 2 is 1.80 bits per heavy atom. The van der Waals surface area contributed by atoms with Gasteiger partial charge in [0.15, 0.2) is 5.11 Å². The van der Waals surface area contributed by atoms with Crippen molar-refractivity contribution in [3.63, 3.8) is 0 Å². The summed E-state index contributed by atoms with van der Waals surface area (Å²) in [5.74, 6) is -2.37. The molecule has 2 fully saturated rings. The van der Waals surface area contributed by atoms with Crippen LogP contribution in [0.1, 0.15) is 49.8 Å². The van der Waals surface area contributed by atoms with Gasteiger partial charge in [0, 0.05) is 16.6 Å². The third-order valence-corrected chi connectivity index (χ3v) is 9.20. The summed E-state index contributed by atoms with van der Waals surface area (Å²) >= 11 is 18.6. The van der Waals surface area contributed by atoms with Gasteiger partial charge in [-0.3, -0.25) is 14.5 Å². The van der Waals surface area contributed by atoms with E-state index in [1.807, 2.05) is 4.90 Å². The average molecular weight is 608 g/mol. The van der Waals surface area contributed by atoms with Crippen molar-refractivity contribution >= 4 is 63.7 Å². The maximum atomic E-state index is 16.0. The van der Waals surface area contributed by atoms with Crippen LogP contribution in [0.5, 0.6) is 0 Å². The molecule has 0 unspecified atom stereocenters. The smallest absolute Gasteiger partial charge is 0.256 e. The minimum Gasteiger partial charge on any atom is -0.331 e. The van der Waals surface area contributed by atoms with Crippen molar-refractivity contribution in [3.8, 4) is 6.07 Å². The highest BCUT2D eigenvalue weighted by atomic mass is 35.5. The Morgan fingerprint density at radius 3 is 2.46 bits per heavy atom. The Kier molecular flexibility index (Phi) is 6.42. The Hall–Kier alpha value is -3.51. The van der Waals surface area contributed by atoms with Gasteiger partial charge in [-0.2, -0.15) is 5.26 Å². The zero-order valence-electron chi connectivity index (χ0n) is 22.4. The number of hydrogen-bond donors (Lipinski definition) is 1. The highest BCUT2D eigenvalue weighted by Gasteiger charge is 2.72. The fourth-order valence-corrected chi connectivity index (χ4v) is 7.58. The van der Waals surface area contributed by atoms with Gasteiger partial charge < -0.3 is 10.2 Å². The fourth-order valence-electron chi connectivity index (χ4n) is 6.79. The first-order valence-electron chi connectivity index (χ1n) is 13.1. The zero-order valence-corrected chi connectivity index (χ0v) is 24.7. The first-order valence-corrected chi connectivity index (χ1v) is 14.3. The topological polar surface area (TPSA) is 76.4 Å². The quantitative estimate of drug-likeness (QED) is 0.332. The van der Waals surface area contributed by atoms with E-state index in [0.29, 0.717) is 33.9 Å². The van der Waals surface area contributed by atoms with E-state index in [9.17, 15) is 14.9 Å². The molecule has 0 saturated carbocycles. The number of anilines is 2. The molecular formula is C31H25Cl2FN4O2S. The molecule has 3 aromatic carbocycles. The molecule has 3 aliphatic heterocycles. The van der Waals surface area contributed by atoms with Crippen molar-refractivity contribution in [3.05, 3.63) is 93.2 Å². The van der Waals surface area contributed by atoms with E-state index in [1.54, 1.807) is 54.6 Å². The number of carbonyl (C=O) groups excluding carboxylic acids is 2. The van der Waals surface area contributed by atoms with Gasteiger partial charge in [0.05, 0.1) is 28.4 Å². The molecule has 6 rings (SSSR count). The second-order valence-electron chi connectivity index (χ2n) is 11.9. The molecule has 3 heterocycles. The van der Waals surface area contributed by atoms with E-state index in [0.717, 1.165) is 0 Å². The number of thiocarbonyl (C=S) groups is 1. The van der Waals surface area contributed by atoms with Crippen molar-refractivity contribution < 1.29 is 14.0 Å². The highest BCUT2D eigenvalue weighted by Crippen LogP contribution is 2.62. The van der Waals surface area contributed by atoms with E-state index >= 15 is 4.39 Å². The van der Waals surface area contributed by atoms with Crippen LogP contribution in [0.4, 0.5) is 15.8 Å². The summed E-state index contributed by atoms with van der Waals surface area (Å²) in [6.45, 7) is 6.16. The van der Waals surface area contributed by atoms with Crippen molar-refractivity contribution in [2.75, 3.05) is 10.2 Å². The third-order valence-electron chi connectivity index (χ3n) is 8.28. The largest absolute Gasteiger partial charge is 0.331 e. The van der Waals surface area contributed by atoms with Crippen molar-refractivity contribution in [1.82, 2.24) is 4.90 Å². The van der Waals surface area contributed by atoms with E-state index in [-0.39, 0.29) is 32.9 Å². The number of nitrogens with zero attached hydrogens (tertiary/aromatic N) is 3. The number of halogens is 3. The van der Waals surface area contributed by atoms with Crippen LogP contribution in [0.25, 0.3) is 0 Å². The summed E-state index contributed by atoms with van der Waals surface area (Å²) in [5, 5.41) is 12.8. The summed E-state index contributed by atoms with van der Waals surface area (Å²) < 4.78 is 16.0. The molecule has 3 aliphatic rings. The van der Waals surface area contributed by atoms with Crippen LogP contribution in [0.2, 0.25) is 10.0 Å². The van der Waals surface area contributed by atoms with Crippen LogP contribution in [0, 0.1) is 22.6 Å². The first kappa shape index (κ1) is 27.6. The molecule has 0 aliphatic carbocycles. The second-order valence-corrected chi connectivity index (χ2v) is 13.1. The summed E-state index contributed by atoms with van der Waals surface area (Å²) in [7, 11) is 0. The van der Waals surface area contributed by atoms with Gasteiger partial charge in [-0.15, -0.1) is 0 Å². The second kappa shape index (κ2) is 9.52. The monoisotopic (exact) mass is 606 g/mol. The molecular weight excluding hydrogens is 582 g/mol. The van der Waals surface area contributed by atoms with Crippen LogP contribution in [-0.4, -0.2) is 33.9 Å². The lowest BCUT2D eigenvalue weighted by molar-refractivity contribution is -0.122. The highest BCUT2D eigenvalue weighted by molar-refractivity contribution is 7.80. The van der Waals surface area contributed by atoms with E-state index in [2.05, 4.69) is 32.2 Å². The Balaban J connectivity index is 1.64. The summed E-state index contributed by atoms with van der Waals surface area (Å²) in [6.07, 6.45) is 0.465. The lowest BCUT2D eigenvalue weighted by atomic mass is 9.62. The molecule has 3 aromatic rings. The lowest BCUT2D eigenvalue weighted by Crippen LogP contribution is -2.53. The van der Waals surface area contributed by atoms with Crippen LogP contribution in [-0.2, 0) is 15.0 Å². The number of amides is 2. The summed E-state index contributed by atoms with van der Waals surface area (Å²) in [6, 6.07) is 16.8. The number of carbonyl (C=O) groups is 2. The Bertz CT molecular complexity index is 1680. The standard InChI is InChI=1S/C31H25Cl2FN4O2S/c1-30(2,3)14-23-31(20-12-9-17(32)13-22(20)36-28(31)40)24(19-5-4-6-21(33)25(19)34)26-27(39)37(29(41)38(23)26)18-10-7-16(15-35)8-11-18/h4-13,23-24,26H,14H2,1-3H3,(H,36,40)/t23-,24-,26+,31+/m0/s1. The predicted octanol–water partition coefficient (Wildman–Crippen LogP) is 6.80. The minimum atomic E-state index is -1.38. The van der Waals surface area contributed by atoms with E-state index < -0.39 is 29.2 Å². The van der Waals surface area contributed by atoms with Gasteiger partial charge in [-0.05, 0) is 77.6 Å². The van der Waals surface area contributed by atoms with Gasteiger partial charge in [-0.25, -0.2) is 4.39 Å².